The summed E-state index contributed by atoms with van der Waals surface area (Å²) in [7, 11) is 0. The van der Waals surface area contributed by atoms with Gasteiger partial charge in [-0.15, -0.1) is 0 Å². The number of nitrogens with one attached hydrogen (secondary N) is 1. The Hall–Kier alpha value is -1.31. The van der Waals surface area contributed by atoms with E-state index in [0.717, 1.165) is 6.42 Å². The van der Waals surface area contributed by atoms with Crippen LogP contribution in [0, 0.1) is 0 Å². The fraction of sp³-hybridized carbons (Fsp3) is 0.364. The van der Waals surface area contributed by atoms with Crippen LogP contribution in [-0.2, 0) is 17.6 Å². The highest BCUT2D eigenvalue weighted by Crippen LogP contribution is 2.14. The summed E-state index contributed by atoms with van der Waals surface area (Å²) in [5.74, 6) is 0.137. The van der Waals surface area contributed by atoms with Crippen molar-refractivity contribution in [3.8, 4) is 0 Å². The molecule has 2 rings (SSSR count). The maximum Gasteiger partial charge on any atom is 0.224 e. The minimum absolute atomic E-state index is 0.137. The summed E-state index contributed by atoms with van der Waals surface area (Å²) in [5.41, 5.74) is 2.47. The van der Waals surface area contributed by atoms with Crippen LogP contribution in [0.3, 0.4) is 0 Å². The lowest BCUT2D eigenvalue weighted by atomic mass is 10.0. The van der Waals surface area contributed by atoms with Gasteiger partial charge in [-0.2, -0.15) is 0 Å². The maximum atomic E-state index is 11.3. The zero-order chi connectivity index (χ0) is 9.26. The topological polar surface area (TPSA) is 29.1 Å². The van der Waals surface area contributed by atoms with E-state index in [9.17, 15) is 4.79 Å². The molecule has 68 valence electrons. The molecule has 1 unspecified atom stereocenters. The van der Waals surface area contributed by atoms with Crippen LogP contribution >= 0.6 is 0 Å². The van der Waals surface area contributed by atoms with Crippen molar-refractivity contribution in [2.24, 2.45) is 0 Å². The first kappa shape index (κ1) is 8.30. The third kappa shape index (κ3) is 1.72. The predicted molar refractivity (Wildman–Crippen MR) is 51.5 cm³/mol. The van der Waals surface area contributed by atoms with Gasteiger partial charge in [0.2, 0.25) is 5.91 Å². The van der Waals surface area contributed by atoms with Crippen LogP contribution in [0.15, 0.2) is 24.3 Å². The zero-order valence-electron chi connectivity index (χ0n) is 7.71. The van der Waals surface area contributed by atoms with Crippen molar-refractivity contribution in [1.82, 2.24) is 5.32 Å². The molecule has 1 heterocycles. The van der Waals surface area contributed by atoms with E-state index in [1.165, 1.54) is 11.1 Å². The maximum absolute atomic E-state index is 11.3. The number of carbonyl (C=O) groups is 1. The van der Waals surface area contributed by atoms with Crippen molar-refractivity contribution >= 4 is 5.91 Å². The predicted octanol–water partition coefficient (Wildman–Crippen LogP) is 1.29. The van der Waals surface area contributed by atoms with Crippen LogP contribution in [0.25, 0.3) is 0 Å². The van der Waals surface area contributed by atoms with E-state index in [1.54, 1.807) is 0 Å². The molecule has 0 radical (unpaired) electrons. The largest absolute Gasteiger partial charge is 0.353 e. The second-order valence-electron chi connectivity index (χ2n) is 3.62. The normalized spacial score (nSPS) is 21.6. The summed E-state index contributed by atoms with van der Waals surface area (Å²) in [4.78, 5) is 11.3. The molecule has 0 bridgehead atoms. The first-order chi connectivity index (χ1) is 6.25. The van der Waals surface area contributed by atoms with Gasteiger partial charge in [0.25, 0.3) is 0 Å². The Morgan fingerprint density at radius 1 is 1.31 bits per heavy atom. The third-order valence-corrected chi connectivity index (χ3v) is 2.40. The van der Waals surface area contributed by atoms with E-state index < -0.39 is 0 Å². The first-order valence-electron chi connectivity index (χ1n) is 4.62. The number of rotatable bonds is 0. The molecule has 1 aliphatic rings. The second-order valence-corrected chi connectivity index (χ2v) is 3.62. The van der Waals surface area contributed by atoms with Crippen LogP contribution in [0.4, 0.5) is 0 Å². The van der Waals surface area contributed by atoms with Gasteiger partial charge in [0.15, 0.2) is 0 Å². The van der Waals surface area contributed by atoms with Gasteiger partial charge < -0.3 is 5.32 Å². The average Bonchev–Trinajstić information content (AvgIpc) is 2.20. The van der Waals surface area contributed by atoms with Crippen molar-refractivity contribution in [2.45, 2.75) is 25.8 Å². The molecule has 1 aromatic rings. The van der Waals surface area contributed by atoms with Gasteiger partial charge in [-0.1, -0.05) is 24.3 Å². The van der Waals surface area contributed by atoms with Crippen LogP contribution in [0.5, 0.6) is 0 Å². The molecule has 0 saturated carbocycles. The zero-order valence-corrected chi connectivity index (χ0v) is 7.71. The van der Waals surface area contributed by atoms with Crippen LogP contribution < -0.4 is 5.32 Å². The Balaban J connectivity index is 2.38. The average molecular weight is 175 g/mol. The van der Waals surface area contributed by atoms with Gasteiger partial charge in [-0.05, 0) is 24.5 Å². The Kier molecular flexibility index (Phi) is 2.05. The molecule has 1 N–H and O–H groups in total. The van der Waals surface area contributed by atoms with Crippen LogP contribution in [0.1, 0.15) is 18.1 Å². The molecule has 0 aromatic heterocycles. The van der Waals surface area contributed by atoms with E-state index in [1.807, 2.05) is 25.1 Å². The van der Waals surface area contributed by atoms with Gasteiger partial charge in [0, 0.05) is 6.04 Å². The third-order valence-electron chi connectivity index (χ3n) is 2.40. The van der Waals surface area contributed by atoms with Gasteiger partial charge >= 0.3 is 0 Å². The minimum atomic E-state index is 0.137. The molecule has 1 amide bonds. The Morgan fingerprint density at radius 3 is 2.77 bits per heavy atom. The summed E-state index contributed by atoms with van der Waals surface area (Å²) >= 11 is 0. The lowest BCUT2D eigenvalue weighted by Crippen LogP contribution is -2.32. The number of fused-ring (bicyclic) bond motifs is 1. The van der Waals surface area contributed by atoms with Crippen molar-refractivity contribution < 1.29 is 4.79 Å². The molecule has 0 spiro atoms. The SMILES string of the molecule is CC1Cc2ccccc2CC(=O)N1. The molecular formula is C11H13NO. The lowest BCUT2D eigenvalue weighted by Gasteiger charge is -2.08. The van der Waals surface area contributed by atoms with Crippen LogP contribution in [-0.4, -0.2) is 11.9 Å². The Bertz CT molecular complexity index is 333. The van der Waals surface area contributed by atoms with Gasteiger partial charge in [-0.3, -0.25) is 4.79 Å². The highest BCUT2D eigenvalue weighted by atomic mass is 16.1. The van der Waals surface area contributed by atoms with Crippen LogP contribution in [0.2, 0.25) is 0 Å². The minimum Gasteiger partial charge on any atom is -0.353 e. The van der Waals surface area contributed by atoms with Crippen molar-refractivity contribution in [2.75, 3.05) is 0 Å². The molecule has 0 fully saturated rings. The molecule has 1 aliphatic heterocycles. The lowest BCUT2D eigenvalue weighted by molar-refractivity contribution is -0.120. The molecular weight excluding hydrogens is 162 g/mol. The molecule has 13 heavy (non-hydrogen) atoms. The number of hydrogen-bond donors (Lipinski definition) is 1. The standard InChI is InChI=1S/C11H13NO/c1-8-6-9-4-2-3-5-10(9)7-11(13)12-8/h2-5,8H,6-7H2,1H3,(H,12,13). The van der Waals surface area contributed by atoms with Gasteiger partial charge in [-0.25, -0.2) is 0 Å². The molecule has 2 nitrogen and oxygen atoms in total. The van der Waals surface area contributed by atoms with E-state index in [2.05, 4.69) is 11.4 Å². The van der Waals surface area contributed by atoms with E-state index in [0.29, 0.717) is 6.42 Å². The number of carbonyl (C=O) groups excluding carboxylic acids is 1. The number of benzene rings is 1. The smallest absolute Gasteiger partial charge is 0.224 e. The summed E-state index contributed by atoms with van der Waals surface area (Å²) in [6, 6.07) is 8.42. The first-order valence-corrected chi connectivity index (χ1v) is 4.62. The van der Waals surface area contributed by atoms with E-state index in [4.69, 9.17) is 0 Å². The summed E-state index contributed by atoms with van der Waals surface area (Å²) in [6.07, 6.45) is 1.47. The molecule has 1 aromatic carbocycles. The van der Waals surface area contributed by atoms with E-state index in [-0.39, 0.29) is 11.9 Å². The fourth-order valence-corrected chi connectivity index (χ4v) is 1.81. The molecule has 0 saturated heterocycles. The van der Waals surface area contributed by atoms with E-state index >= 15 is 0 Å². The second kappa shape index (κ2) is 3.21. The molecule has 0 aliphatic carbocycles. The van der Waals surface area contributed by atoms with Crippen molar-refractivity contribution in [3.05, 3.63) is 35.4 Å². The highest BCUT2D eigenvalue weighted by molar-refractivity contribution is 5.79. The van der Waals surface area contributed by atoms with Crippen molar-refractivity contribution in [1.29, 1.82) is 0 Å². The van der Waals surface area contributed by atoms with Gasteiger partial charge in [0.1, 0.15) is 0 Å². The Morgan fingerprint density at radius 2 is 2.00 bits per heavy atom. The monoisotopic (exact) mass is 175 g/mol. The Labute approximate surface area is 78.0 Å². The fourth-order valence-electron chi connectivity index (χ4n) is 1.81. The molecule has 1 atom stereocenters. The van der Waals surface area contributed by atoms with Gasteiger partial charge in [0.05, 0.1) is 6.42 Å². The number of hydrogen-bond acceptors (Lipinski definition) is 1. The quantitative estimate of drug-likeness (QED) is 0.632. The van der Waals surface area contributed by atoms with Crippen molar-refractivity contribution in [3.63, 3.8) is 0 Å². The summed E-state index contributed by atoms with van der Waals surface area (Å²) in [6.45, 7) is 2.04. The number of amides is 1. The summed E-state index contributed by atoms with van der Waals surface area (Å²) < 4.78 is 0. The highest BCUT2D eigenvalue weighted by Gasteiger charge is 2.16. The summed E-state index contributed by atoms with van der Waals surface area (Å²) in [5, 5.41) is 2.95. The molecule has 2 heteroatoms.